The molecule has 1 aliphatic heterocycles. The Hall–Kier alpha value is -2.37. The summed E-state index contributed by atoms with van der Waals surface area (Å²) in [5, 5.41) is 5.75. The van der Waals surface area contributed by atoms with Crippen LogP contribution in [0.1, 0.15) is 64.9 Å². The zero-order chi connectivity index (χ0) is 20.6. The van der Waals surface area contributed by atoms with Crippen molar-refractivity contribution in [1.82, 2.24) is 15.5 Å². The first kappa shape index (κ1) is 21.9. The first-order valence-electron chi connectivity index (χ1n) is 10.4. The molecule has 2 atom stereocenters. The van der Waals surface area contributed by atoms with E-state index < -0.39 is 11.6 Å². The van der Waals surface area contributed by atoms with Gasteiger partial charge in [-0.05, 0) is 24.3 Å². The van der Waals surface area contributed by atoms with Gasteiger partial charge in [0, 0.05) is 6.54 Å². The molecule has 0 unspecified atom stereocenters. The number of imide groups is 1. The Balaban J connectivity index is 2.05. The van der Waals surface area contributed by atoms with Crippen molar-refractivity contribution in [1.29, 1.82) is 0 Å². The van der Waals surface area contributed by atoms with Crippen molar-refractivity contribution in [2.24, 2.45) is 5.92 Å². The molecule has 0 aromatic heterocycles. The lowest BCUT2D eigenvalue weighted by Crippen LogP contribution is -2.45. The predicted molar refractivity (Wildman–Crippen MR) is 110 cm³/mol. The minimum atomic E-state index is -1.08. The molecule has 0 bridgehead atoms. The summed E-state index contributed by atoms with van der Waals surface area (Å²) >= 11 is 0. The fourth-order valence-corrected chi connectivity index (χ4v) is 3.78. The monoisotopic (exact) mass is 387 g/mol. The number of urea groups is 1. The van der Waals surface area contributed by atoms with Crippen LogP contribution in [0.15, 0.2) is 30.3 Å². The number of amides is 4. The molecule has 0 saturated carbocycles. The van der Waals surface area contributed by atoms with E-state index in [-0.39, 0.29) is 18.4 Å². The largest absolute Gasteiger partial charge is 0.354 e. The first-order chi connectivity index (χ1) is 13.5. The Kier molecular flexibility index (Phi) is 8.03. The van der Waals surface area contributed by atoms with Gasteiger partial charge in [0.1, 0.15) is 12.1 Å². The van der Waals surface area contributed by atoms with Crippen molar-refractivity contribution in [2.45, 2.75) is 64.8 Å². The maximum Gasteiger partial charge on any atom is 0.325 e. The molecular weight excluding hydrogens is 354 g/mol. The Labute approximate surface area is 168 Å². The molecule has 1 aromatic rings. The molecule has 2 N–H and O–H groups in total. The molecule has 6 nitrogen and oxygen atoms in total. The highest BCUT2D eigenvalue weighted by Gasteiger charge is 2.52. The van der Waals surface area contributed by atoms with Gasteiger partial charge in [0.15, 0.2) is 0 Å². The second kappa shape index (κ2) is 10.2. The van der Waals surface area contributed by atoms with Crippen LogP contribution in [0.4, 0.5) is 4.79 Å². The topological polar surface area (TPSA) is 78.5 Å². The molecule has 1 saturated heterocycles. The number of carbonyl (C=O) groups is 3. The van der Waals surface area contributed by atoms with E-state index in [1.54, 1.807) is 0 Å². The van der Waals surface area contributed by atoms with Crippen LogP contribution >= 0.6 is 0 Å². The third-order valence-electron chi connectivity index (χ3n) is 5.50. The number of hydrogen-bond donors (Lipinski definition) is 2. The number of carbonyl (C=O) groups excluding carboxylic acids is 3. The number of hydrogen-bond acceptors (Lipinski definition) is 3. The lowest BCUT2D eigenvalue weighted by atomic mass is 9.85. The van der Waals surface area contributed by atoms with Crippen LogP contribution in [0.25, 0.3) is 0 Å². The van der Waals surface area contributed by atoms with Gasteiger partial charge in [-0.25, -0.2) is 4.79 Å². The Bertz CT molecular complexity index is 677. The second-order valence-electron chi connectivity index (χ2n) is 7.56. The molecule has 28 heavy (non-hydrogen) atoms. The summed E-state index contributed by atoms with van der Waals surface area (Å²) in [6.07, 6.45) is 5.57. The van der Waals surface area contributed by atoms with Gasteiger partial charge < -0.3 is 10.6 Å². The molecule has 0 aliphatic carbocycles. The fourth-order valence-electron chi connectivity index (χ4n) is 3.78. The van der Waals surface area contributed by atoms with Crippen LogP contribution < -0.4 is 10.6 Å². The molecule has 1 aliphatic rings. The molecule has 2 rings (SSSR count). The van der Waals surface area contributed by atoms with Crippen LogP contribution in [0.2, 0.25) is 0 Å². The van der Waals surface area contributed by atoms with Crippen molar-refractivity contribution >= 4 is 17.8 Å². The van der Waals surface area contributed by atoms with Crippen molar-refractivity contribution in [3.63, 3.8) is 0 Å². The Morgan fingerprint density at radius 2 is 1.86 bits per heavy atom. The van der Waals surface area contributed by atoms with E-state index in [1.807, 2.05) is 37.3 Å². The number of nitrogens with zero attached hydrogens (tertiary/aromatic N) is 1. The molecule has 1 heterocycles. The van der Waals surface area contributed by atoms with Crippen LogP contribution in [0.3, 0.4) is 0 Å². The zero-order valence-corrected chi connectivity index (χ0v) is 17.3. The molecule has 0 radical (unpaired) electrons. The summed E-state index contributed by atoms with van der Waals surface area (Å²) in [4.78, 5) is 39.1. The van der Waals surface area contributed by atoms with Crippen molar-refractivity contribution in [2.75, 3.05) is 13.1 Å². The van der Waals surface area contributed by atoms with Crippen LogP contribution in [0, 0.1) is 5.92 Å². The molecule has 4 amide bonds. The predicted octanol–water partition coefficient (Wildman–Crippen LogP) is 3.57. The number of rotatable bonds is 11. The zero-order valence-electron chi connectivity index (χ0n) is 17.3. The normalized spacial score (nSPS) is 20.2. The van der Waals surface area contributed by atoms with Crippen LogP contribution in [0.5, 0.6) is 0 Å². The minimum absolute atomic E-state index is 0.243. The first-order valence-corrected chi connectivity index (χ1v) is 10.4. The van der Waals surface area contributed by atoms with Crippen molar-refractivity contribution in [3.05, 3.63) is 35.9 Å². The third kappa shape index (κ3) is 4.91. The fraction of sp³-hybridized carbons (Fsp3) is 0.591. The maximum absolute atomic E-state index is 13.2. The highest BCUT2D eigenvalue weighted by Crippen LogP contribution is 2.33. The molecule has 6 heteroatoms. The van der Waals surface area contributed by atoms with Gasteiger partial charge in [-0.2, -0.15) is 0 Å². The molecule has 1 fully saturated rings. The summed E-state index contributed by atoms with van der Waals surface area (Å²) in [5.41, 5.74) is -0.329. The van der Waals surface area contributed by atoms with E-state index in [0.717, 1.165) is 42.6 Å². The van der Waals surface area contributed by atoms with Crippen LogP contribution in [-0.4, -0.2) is 35.8 Å². The quantitative estimate of drug-likeness (QED) is 0.570. The molecular formula is C22H33N3O3. The Morgan fingerprint density at radius 1 is 1.14 bits per heavy atom. The van der Waals surface area contributed by atoms with E-state index in [4.69, 9.17) is 0 Å². The summed E-state index contributed by atoms with van der Waals surface area (Å²) in [6.45, 7) is 6.58. The third-order valence-corrected chi connectivity index (χ3v) is 5.50. The highest BCUT2D eigenvalue weighted by molar-refractivity contribution is 6.09. The minimum Gasteiger partial charge on any atom is -0.354 e. The Morgan fingerprint density at radius 3 is 2.46 bits per heavy atom. The van der Waals surface area contributed by atoms with Gasteiger partial charge in [0.05, 0.1) is 0 Å². The average Bonchev–Trinajstić information content (AvgIpc) is 2.94. The standard InChI is InChI=1S/C22H33N3O3/c1-4-7-11-17(6-3)15-23-19(26)16-25-20(27)22(14-5-2,24-21(25)28)18-12-9-8-10-13-18/h8-10,12-13,17H,4-7,11,14-16H2,1-3H3,(H,23,26)(H,24,28)/t17-,22-/m1/s1. The highest BCUT2D eigenvalue weighted by atomic mass is 16.2. The van der Waals surface area contributed by atoms with Crippen molar-refractivity contribution in [3.8, 4) is 0 Å². The van der Waals surface area contributed by atoms with Gasteiger partial charge in [0.25, 0.3) is 5.91 Å². The van der Waals surface area contributed by atoms with Gasteiger partial charge in [-0.15, -0.1) is 0 Å². The lowest BCUT2D eigenvalue weighted by molar-refractivity contribution is -0.135. The van der Waals surface area contributed by atoms with E-state index in [9.17, 15) is 14.4 Å². The molecule has 0 spiro atoms. The summed E-state index contributed by atoms with van der Waals surface area (Å²) in [7, 11) is 0. The number of unbranched alkanes of at least 4 members (excludes halogenated alkanes) is 1. The second-order valence-corrected chi connectivity index (χ2v) is 7.56. The molecule has 154 valence electrons. The van der Waals surface area contributed by atoms with Crippen molar-refractivity contribution < 1.29 is 14.4 Å². The van der Waals surface area contributed by atoms with E-state index in [2.05, 4.69) is 24.5 Å². The van der Waals surface area contributed by atoms with E-state index >= 15 is 0 Å². The number of nitrogens with one attached hydrogen (secondary N) is 2. The average molecular weight is 388 g/mol. The van der Waals surface area contributed by atoms with Gasteiger partial charge in [-0.1, -0.05) is 76.8 Å². The number of benzene rings is 1. The lowest BCUT2D eigenvalue weighted by Gasteiger charge is -2.27. The van der Waals surface area contributed by atoms with Gasteiger partial charge in [0.2, 0.25) is 5.91 Å². The van der Waals surface area contributed by atoms with Crippen LogP contribution in [-0.2, 0) is 15.1 Å². The maximum atomic E-state index is 13.2. The smallest absolute Gasteiger partial charge is 0.325 e. The van der Waals surface area contributed by atoms with Gasteiger partial charge >= 0.3 is 6.03 Å². The SMILES string of the molecule is CCCC[C@@H](CC)CNC(=O)CN1C(=O)N[C@](CCC)(c2ccccc2)C1=O. The van der Waals surface area contributed by atoms with E-state index in [1.165, 1.54) is 0 Å². The van der Waals surface area contributed by atoms with Gasteiger partial charge in [-0.3, -0.25) is 14.5 Å². The summed E-state index contributed by atoms with van der Waals surface area (Å²) in [5.74, 6) is -0.215. The summed E-state index contributed by atoms with van der Waals surface area (Å²) < 4.78 is 0. The molecule has 1 aromatic carbocycles. The summed E-state index contributed by atoms with van der Waals surface area (Å²) in [6, 6.07) is 8.76. The van der Waals surface area contributed by atoms with E-state index in [0.29, 0.717) is 18.9 Å².